The van der Waals surface area contributed by atoms with E-state index in [1.54, 1.807) is 17.0 Å². The minimum absolute atomic E-state index is 0.0600. The van der Waals surface area contributed by atoms with E-state index in [0.717, 1.165) is 12.8 Å². The molecule has 0 fully saturated rings. The molecule has 1 amide bonds. The number of nitrogens with one attached hydrogen (secondary N) is 1. The van der Waals surface area contributed by atoms with Gasteiger partial charge in [-0.2, -0.15) is 0 Å². The van der Waals surface area contributed by atoms with Crippen LogP contribution in [0.5, 0.6) is 0 Å². The van der Waals surface area contributed by atoms with Crippen molar-refractivity contribution in [3.05, 3.63) is 65.2 Å². The molecule has 0 heterocycles. The van der Waals surface area contributed by atoms with Crippen LogP contribution in [0.15, 0.2) is 53.4 Å². The van der Waals surface area contributed by atoms with Gasteiger partial charge in [0.05, 0.1) is 10.9 Å². The first-order valence-electron chi connectivity index (χ1n) is 9.24. The molecule has 6 heteroatoms. The van der Waals surface area contributed by atoms with Crippen LogP contribution in [0.4, 0.5) is 0 Å². The Balaban J connectivity index is 1.74. The highest BCUT2D eigenvalue weighted by Gasteiger charge is 2.29. The third-order valence-corrected chi connectivity index (χ3v) is 6.42. The number of rotatable bonds is 6. The van der Waals surface area contributed by atoms with Crippen molar-refractivity contribution < 1.29 is 13.2 Å². The Labute approximate surface area is 161 Å². The highest BCUT2D eigenvalue weighted by molar-refractivity contribution is 7.89. The molecule has 3 rings (SSSR count). The van der Waals surface area contributed by atoms with E-state index < -0.39 is 10.0 Å². The fraction of sp³-hybridized carbons (Fsp3) is 0.381. The Hall–Kier alpha value is -2.18. The molecule has 0 aromatic heterocycles. The minimum Gasteiger partial charge on any atom is -0.335 e. The number of carbonyl (C=O) groups excluding carboxylic acids is 1. The van der Waals surface area contributed by atoms with Crippen molar-refractivity contribution in [3.63, 3.8) is 0 Å². The van der Waals surface area contributed by atoms with Crippen LogP contribution < -0.4 is 4.72 Å². The fourth-order valence-electron chi connectivity index (χ4n) is 3.42. The van der Waals surface area contributed by atoms with Gasteiger partial charge in [0.25, 0.3) is 5.91 Å². The van der Waals surface area contributed by atoms with E-state index in [-0.39, 0.29) is 22.8 Å². The lowest BCUT2D eigenvalue weighted by Crippen LogP contribution is -2.30. The summed E-state index contributed by atoms with van der Waals surface area (Å²) in [7, 11) is -1.74. The number of benzene rings is 2. The lowest BCUT2D eigenvalue weighted by Gasteiger charge is -2.25. The van der Waals surface area contributed by atoms with Crippen LogP contribution in [0, 0.1) is 5.92 Å². The molecule has 2 aromatic carbocycles. The summed E-state index contributed by atoms with van der Waals surface area (Å²) in [6.07, 6.45) is 1.88. The summed E-state index contributed by atoms with van der Waals surface area (Å²) in [6.45, 7) is 4.27. The summed E-state index contributed by atoms with van der Waals surface area (Å²) in [5.41, 5.74) is 2.98. The maximum absolute atomic E-state index is 12.9. The number of nitrogens with zero attached hydrogens (tertiary/aromatic N) is 1. The van der Waals surface area contributed by atoms with Crippen molar-refractivity contribution in [2.24, 2.45) is 5.92 Å². The lowest BCUT2D eigenvalue weighted by atomic mass is 10.1. The van der Waals surface area contributed by atoms with E-state index in [2.05, 4.69) is 16.9 Å². The number of carbonyl (C=O) groups is 1. The zero-order valence-electron chi connectivity index (χ0n) is 16.0. The van der Waals surface area contributed by atoms with Crippen molar-refractivity contribution in [3.8, 4) is 0 Å². The van der Waals surface area contributed by atoms with Crippen LogP contribution in [-0.4, -0.2) is 32.8 Å². The second-order valence-electron chi connectivity index (χ2n) is 7.44. The third-order valence-electron chi connectivity index (χ3n) is 4.98. The second-order valence-corrected chi connectivity index (χ2v) is 9.21. The largest absolute Gasteiger partial charge is 0.335 e. The molecule has 1 N–H and O–H groups in total. The molecule has 144 valence electrons. The lowest BCUT2D eigenvalue weighted by molar-refractivity contribution is 0.0730. The SMILES string of the molecule is CC(C)CNS(=O)(=O)c1ccc(C(=O)N(C)[C@H]2CCc3ccccc32)cc1. The molecule has 0 aliphatic heterocycles. The summed E-state index contributed by atoms with van der Waals surface area (Å²) in [4.78, 5) is 14.8. The molecule has 0 radical (unpaired) electrons. The van der Waals surface area contributed by atoms with Gasteiger partial charge in [-0.15, -0.1) is 0 Å². The van der Waals surface area contributed by atoms with Gasteiger partial charge in [0, 0.05) is 19.2 Å². The van der Waals surface area contributed by atoms with Gasteiger partial charge in [-0.25, -0.2) is 13.1 Å². The minimum atomic E-state index is -3.55. The van der Waals surface area contributed by atoms with Crippen LogP contribution in [0.25, 0.3) is 0 Å². The summed E-state index contributed by atoms with van der Waals surface area (Å²) >= 11 is 0. The van der Waals surface area contributed by atoms with Crippen LogP contribution in [0.2, 0.25) is 0 Å². The van der Waals surface area contributed by atoms with Gasteiger partial charge in [0.15, 0.2) is 0 Å². The van der Waals surface area contributed by atoms with Crippen molar-refractivity contribution in [2.45, 2.75) is 37.6 Å². The van der Waals surface area contributed by atoms with Crippen molar-refractivity contribution >= 4 is 15.9 Å². The van der Waals surface area contributed by atoms with E-state index in [1.165, 1.54) is 23.3 Å². The molecule has 0 unspecified atom stereocenters. The van der Waals surface area contributed by atoms with E-state index in [0.29, 0.717) is 12.1 Å². The maximum Gasteiger partial charge on any atom is 0.254 e. The first-order chi connectivity index (χ1) is 12.8. The van der Waals surface area contributed by atoms with Gasteiger partial charge >= 0.3 is 0 Å². The van der Waals surface area contributed by atoms with Gasteiger partial charge in [-0.3, -0.25) is 4.79 Å². The molecule has 0 bridgehead atoms. The van der Waals surface area contributed by atoms with Gasteiger partial charge in [-0.05, 0) is 54.2 Å². The van der Waals surface area contributed by atoms with Crippen LogP contribution in [0.1, 0.15) is 47.8 Å². The molecular weight excluding hydrogens is 360 g/mol. The molecule has 27 heavy (non-hydrogen) atoms. The standard InChI is InChI=1S/C21H26N2O3S/c1-15(2)14-22-27(25,26)18-11-8-17(9-12-18)21(24)23(3)20-13-10-16-6-4-5-7-19(16)20/h4-9,11-12,15,20,22H,10,13-14H2,1-3H3/t20-/m0/s1. The number of sulfonamides is 1. The van der Waals surface area contributed by atoms with Crippen molar-refractivity contribution in [1.29, 1.82) is 0 Å². The summed E-state index contributed by atoms with van der Waals surface area (Å²) in [5, 5.41) is 0. The van der Waals surface area contributed by atoms with E-state index in [9.17, 15) is 13.2 Å². The number of hydrogen-bond donors (Lipinski definition) is 1. The topological polar surface area (TPSA) is 66.5 Å². The Morgan fingerprint density at radius 2 is 1.81 bits per heavy atom. The molecule has 1 atom stereocenters. The predicted molar refractivity (Wildman–Crippen MR) is 106 cm³/mol. The van der Waals surface area contributed by atoms with Crippen LogP contribution in [0.3, 0.4) is 0 Å². The molecule has 0 saturated heterocycles. The highest BCUT2D eigenvalue weighted by atomic mass is 32.2. The van der Waals surface area contributed by atoms with Gasteiger partial charge in [0.1, 0.15) is 0 Å². The number of hydrogen-bond acceptors (Lipinski definition) is 3. The molecule has 1 aliphatic rings. The molecule has 2 aromatic rings. The highest BCUT2D eigenvalue weighted by Crippen LogP contribution is 2.35. The molecule has 1 aliphatic carbocycles. The number of aryl methyl sites for hydroxylation is 1. The molecule has 5 nitrogen and oxygen atoms in total. The molecule has 0 spiro atoms. The third kappa shape index (κ3) is 4.22. The average molecular weight is 387 g/mol. The smallest absolute Gasteiger partial charge is 0.254 e. The van der Waals surface area contributed by atoms with E-state index in [4.69, 9.17) is 0 Å². The van der Waals surface area contributed by atoms with Crippen LogP contribution >= 0.6 is 0 Å². The number of fused-ring (bicyclic) bond motifs is 1. The van der Waals surface area contributed by atoms with E-state index >= 15 is 0 Å². The van der Waals surface area contributed by atoms with Crippen molar-refractivity contribution in [2.75, 3.05) is 13.6 Å². The van der Waals surface area contributed by atoms with Gasteiger partial charge in [0.2, 0.25) is 10.0 Å². The van der Waals surface area contributed by atoms with Crippen LogP contribution in [-0.2, 0) is 16.4 Å². The predicted octanol–water partition coefficient (Wildman–Crippen LogP) is 3.38. The summed E-state index contributed by atoms with van der Waals surface area (Å²) in [6, 6.07) is 14.4. The van der Waals surface area contributed by atoms with E-state index in [1.807, 2.05) is 33.0 Å². The Bertz CT molecular complexity index is 921. The molecule has 0 saturated carbocycles. The molecular formula is C21H26N2O3S. The van der Waals surface area contributed by atoms with Gasteiger partial charge < -0.3 is 4.90 Å². The fourth-order valence-corrected chi connectivity index (χ4v) is 4.63. The normalized spacial score (nSPS) is 16.4. The quantitative estimate of drug-likeness (QED) is 0.828. The Morgan fingerprint density at radius 3 is 2.48 bits per heavy atom. The van der Waals surface area contributed by atoms with Gasteiger partial charge in [-0.1, -0.05) is 38.1 Å². The zero-order chi connectivity index (χ0) is 19.6. The maximum atomic E-state index is 12.9. The summed E-state index contributed by atoms with van der Waals surface area (Å²) in [5.74, 6) is 0.124. The first kappa shape index (κ1) is 19.6. The first-order valence-corrected chi connectivity index (χ1v) is 10.7. The average Bonchev–Trinajstić information content (AvgIpc) is 3.09. The monoisotopic (exact) mass is 386 g/mol. The zero-order valence-corrected chi connectivity index (χ0v) is 16.8. The number of amides is 1. The van der Waals surface area contributed by atoms with Crippen molar-refractivity contribution in [1.82, 2.24) is 9.62 Å². The Morgan fingerprint density at radius 1 is 1.15 bits per heavy atom. The Kier molecular flexibility index (Phi) is 5.67. The summed E-state index contributed by atoms with van der Waals surface area (Å²) < 4.78 is 27.2. The second kappa shape index (κ2) is 7.82.